The molecule has 0 spiro atoms. The van der Waals surface area contributed by atoms with E-state index in [2.05, 4.69) is 26.0 Å². The molecule has 0 bridgehead atoms. The number of ketones is 1. The highest BCUT2D eigenvalue weighted by Crippen LogP contribution is 2.33. The molecule has 0 N–H and O–H groups in total. The predicted octanol–water partition coefficient (Wildman–Crippen LogP) is 5.77. The lowest BCUT2D eigenvalue weighted by Crippen LogP contribution is -1.97. The van der Waals surface area contributed by atoms with Crippen LogP contribution < -0.4 is 4.74 Å². The van der Waals surface area contributed by atoms with Gasteiger partial charge in [0.2, 0.25) is 0 Å². The zero-order chi connectivity index (χ0) is 15.6. The van der Waals surface area contributed by atoms with Gasteiger partial charge < -0.3 is 4.74 Å². The fourth-order valence-electron chi connectivity index (χ4n) is 2.18. The maximum Gasteiger partial charge on any atom is 0.161 e. The molecule has 0 amide bonds. The van der Waals surface area contributed by atoms with E-state index in [0.717, 1.165) is 16.9 Å². The molecule has 0 radical (unpaired) electrons. The largest absolute Gasteiger partial charge is 0.457 e. The first-order valence-corrected chi connectivity index (χ1v) is 7.35. The van der Waals surface area contributed by atoms with Crippen molar-refractivity contribution in [2.45, 2.75) is 33.6 Å². The number of rotatable bonds is 4. The van der Waals surface area contributed by atoms with Gasteiger partial charge in [0.25, 0.3) is 0 Å². The molecule has 2 rings (SSSR count). The molecular weight excluding hydrogens is 284 g/mol. The van der Waals surface area contributed by atoms with Gasteiger partial charge in [0, 0.05) is 11.6 Å². The molecular formula is C18H19ClO2. The molecule has 2 aromatic rings. The Balaban J connectivity index is 2.36. The second-order valence-corrected chi connectivity index (χ2v) is 5.90. The van der Waals surface area contributed by atoms with E-state index in [1.807, 2.05) is 13.0 Å². The highest BCUT2D eigenvalue weighted by Gasteiger charge is 2.11. The molecule has 0 aliphatic heterocycles. The smallest absolute Gasteiger partial charge is 0.161 e. The van der Waals surface area contributed by atoms with Gasteiger partial charge in [-0.2, -0.15) is 0 Å². The van der Waals surface area contributed by atoms with Gasteiger partial charge in [0.15, 0.2) is 5.78 Å². The highest BCUT2D eigenvalue weighted by atomic mass is 35.5. The van der Waals surface area contributed by atoms with Crippen molar-refractivity contribution in [1.82, 2.24) is 0 Å². The maximum absolute atomic E-state index is 11.4. The van der Waals surface area contributed by atoms with Crippen LogP contribution in [0.2, 0.25) is 5.02 Å². The van der Waals surface area contributed by atoms with Crippen LogP contribution in [0.1, 0.15) is 48.2 Å². The van der Waals surface area contributed by atoms with Gasteiger partial charge in [-0.3, -0.25) is 4.79 Å². The molecule has 0 atom stereocenters. The molecule has 0 saturated heterocycles. The third-order valence-corrected chi connectivity index (χ3v) is 3.65. The Labute approximate surface area is 130 Å². The highest BCUT2D eigenvalue weighted by molar-refractivity contribution is 6.34. The molecule has 0 heterocycles. The predicted molar refractivity (Wildman–Crippen MR) is 86.8 cm³/mol. The number of ether oxygens (including phenoxy) is 1. The van der Waals surface area contributed by atoms with Crippen LogP contribution in [0, 0.1) is 6.92 Å². The standard InChI is InChI=1S/C18H19ClO2/c1-11(2)15-7-5-12(3)9-18(15)21-14-6-8-16(13(4)20)17(19)10-14/h5-11H,1-4H3. The Morgan fingerprint density at radius 3 is 2.43 bits per heavy atom. The first-order chi connectivity index (χ1) is 9.88. The van der Waals surface area contributed by atoms with E-state index in [-0.39, 0.29) is 5.78 Å². The molecule has 0 saturated carbocycles. The molecule has 0 fully saturated rings. The lowest BCUT2D eigenvalue weighted by molar-refractivity contribution is 0.101. The summed E-state index contributed by atoms with van der Waals surface area (Å²) in [6.07, 6.45) is 0. The van der Waals surface area contributed by atoms with Crippen LogP contribution >= 0.6 is 11.6 Å². The molecule has 0 aromatic heterocycles. The molecule has 110 valence electrons. The number of halogens is 1. The van der Waals surface area contributed by atoms with Gasteiger partial charge in [-0.25, -0.2) is 0 Å². The zero-order valence-corrected chi connectivity index (χ0v) is 13.5. The van der Waals surface area contributed by atoms with Crippen LogP contribution in [0.5, 0.6) is 11.5 Å². The van der Waals surface area contributed by atoms with E-state index in [0.29, 0.717) is 22.3 Å². The molecule has 0 unspecified atom stereocenters. The Kier molecular flexibility index (Phi) is 4.69. The first-order valence-electron chi connectivity index (χ1n) is 6.97. The van der Waals surface area contributed by atoms with Crippen LogP contribution in [-0.4, -0.2) is 5.78 Å². The van der Waals surface area contributed by atoms with Crippen molar-refractivity contribution >= 4 is 17.4 Å². The van der Waals surface area contributed by atoms with Crippen molar-refractivity contribution in [1.29, 1.82) is 0 Å². The fraction of sp³-hybridized carbons (Fsp3) is 0.278. The van der Waals surface area contributed by atoms with Crippen LogP contribution in [0.4, 0.5) is 0 Å². The van der Waals surface area contributed by atoms with Gasteiger partial charge in [-0.05, 0) is 49.1 Å². The Hall–Kier alpha value is -1.80. The summed E-state index contributed by atoms with van der Waals surface area (Å²) in [6.45, 7) is 7.79. The van der Waals surface area contributed by atoms with E-state index >= 15 is 0 Å². The van der Waals surface area contributed by atoms with E-state index < -0.39 is 0 Å². The van der Waals surface area contributed by atoms with Gasteiger partial charge in [0.1, 0.15) is 11.5 Å². The molecule has 2 nitrogen and oxygen atoms in total. The second kappa shape index (κ2) is 6.31. The number of carbonyl (C=O) groups excluding carboxylic acids is 1. The van der Waals surface area contributed by atoms with Crippen molar-refractivity contribution in [3.8, 4) is 11.5 Å². The lowest BCUT2D eigenvalue weighted by Gasteiger charge is -2.15. The maximum atomic E-state index is 11.4. The van der Waals surface area contributed by atoms with Crippen LogP contribution in [0.25, 0.3) is 0 Å². The van der Waals surface area contributed by atoms with Gasteiger partial charge in [0.05, 0.1) is 5.02 Å². The van der Waals surface area contributed by atoms with Gasteiger partial charge in [-0.15, -0.1) is 0 Å². The fourth-order valence-corrected chi connectivity index (χ4v) is 2.48. The lowest BCUT2D eigenvalue weighted by atomic mass is 10.0. The van der Waals surface area contributed by atoms with E-state index in [1.54, 1.807) is 18.2 Å². The van der Waals surface area contributed by atoms with Crippen molar-refractivity contribution in [3.63, 3.8) is 0 Å². The zero-order valence-electron chi connectivity index (χ0n) is 12.7. The molecule has 2 aromatic carbocycles. The minimum absolute atomic E-state index is 0.0509. The Morgan fingerprint density at radius 2 is 1.86 bits per heavy atom. The molecule has 0 aliphatic rings. The van der Waals surface area contributed by atoms with E-state index in [9.17, 15) is 4.79 Å². The number of Topliss-reactive ketones (excluding diaryl/α,β-unsaturated/α-hetero) is 1. The molecule has 3 heteroatoms. The topological polar surface area (TPSA) is 26.3 Å². The van der Waals surface area contributed by atoms with E-state index in [1.165, 1.54) is 6.92 Å². The number of hydrogen-bond acceptors (Lipinski definition) is 2. The van der Waals surface area contributed by atoms with Crippen LogP contribution in [-0.2, 0) is 0 Å². The quantitative estimate of drug-likeness (QED) is 0.670. The molecule has 21 heavy (non-hydrogen) atoms. The van der Waals surface area contributed by atoms with Crippen LogP contribution in [0.15, 0.2) is 36.4 Å². The molecule has 0 aliphatic carbocycles. The summed E-state index contributed by atoms with van der Waals surface area (Å²) in [5.74, 6) is 1.78. The normalized spacial score (nSPS) is 10.8. The third-order valence-electron chi connectivity index (χ3n) is 3.34. The minimum atomic E-state index is -0.0509. The average Bonchev–Trinajstić information content (AvgIpc) is 2.37. The number of benzene rings is 2. The van der Waals surface area contributed by atoms with Crippen molar-refractivity contribution in [2.24, 2.45) is 0 Å². The first kappa shape index (κ1) is 15.6. The Morgan fingerprint density at radius 1 is 1.14 bits per heavy atom. The monoisotopic (exact) mass is 302 g/mol. The number of aryl methyl sites for hydroxylation is 1. The third kappa shape index (κ3) is 3.64. The summed E-state index contributed by atoms with van der Waals surface area (Å²) in [5, 5.41) is 0.416. The van der Waals surface area contributed by atoms with E-state index in [4.69, 9.17) is 16.3 Å². The summed E-state index contributed by atoms with van der Waals surface area (Å²) in [7, 11) is 0. The summed E-state index contributed by atoms with van der Waals surface area (Å²) >= 11 is 6.12. The Bertz CT molecular complexity index is 675. The van der Waals surface area contributed by atoms with Gasteiger partial charge >= 0.3 is 0 Å². The SMILES string of the molecule is CC(=O)c1ccc(Oc2cc(C)ccc2C(C)C)cc1Cl. The van der Waals surface area contributed by atoms with Gasteiger partial charge in [-0.1, -0.05) is 37.6 Å². The van der Waals surface area contributed by atoms with Crippen molar-refractivity contribution < 1.29 is 9.53 Å². The summed E-state index contributed by atoms with van der Waals surface area (Å²) in [5.41, 5.74) is 2.80. The number of hydrogen-bond donors (Lipinski definition) is 0. The summed E-state index contributed by atoms with van der Waals surface area (Å²) in [6, 6.07) is 11.3. The van der Waals surface area contributed by atoms with Crippen molar-refractivity contribution in [2.75, 3.05) is 0 Å². The van der Waals surface area contributed by atoms with Crippen LogP contribution in [0.3, 0.4) is 0 Å². The summed E-state index contributed by atoms with van der Waals surface area (Å²) < 4.78 is 5.97. The number of carbonyl (C=O) groups is 1. The van der Waals surface area contributed by atoms with Crippen molar-refractivity contribution in [3.05, 3.63) is 58.1 Å². The average molecular weight is 303 g/mol. The second-order valence-electron chi connectivity index (χ2n) is 5.50. The minimum Gasteiger partial charge on any atom is -0.457 e. The summed E-state index contributed by atoms with van der Waals surface area (Å²) in [4.78, 5) is 11.4.